The first kappa shape index (κ1) is 16.4. The second-order valence-corrected chi connectivity index (χ2v) is 5.17. The van der Waals surface area contributed by atoms with Crippen LogP contribution in [0, 0.1) is 10.1 Å². The number of aliphatic hydroxyl groups excluding tert-OH is 1. The highest BCUT2D eigenvalue weighted by Crippen LogP contribution is 2.23. The molecule has 1 aromatic carbocycles. The lowest BCUT2D eigenvalue weighted by molar-refractivity contribution is -0.384. The molecule has 0 saturated carbocycles. The first-order chi connectivity index (χ1) is 9.33. The average molecular weight is 301 g/mol. The van der Waals surface area contributed by atoms with E-state index in [0.717, 1.165) is 6.07 Å². The third kappa shape index (κ3) is 3.91. The summed E-state index contributed by atoms with van der Waals surface area (Å²) in [7, 11) is 0. The first-order valence-corrected chi connectivity index (χ1v) is 6.58. The Hall–Kier alpha value is -1.66. The van der Waals surface area contributed by atoms with Gasteiger partial charge in [0.1, 0.15) is 0 Å². The summed E-state index contributed by atoms with van der Waals surface area (Å²) in [5, 5.41) is 22.7. The van der Waals surface area contributed by atoms with Gasteiger partial charge in [0.25, 0.3) is 11.6 Å². The molecule has 2 N–H and O–H groups in total. The molecule has 0 aromatic heterocycles. The summed E-state index contributed by atoms with van der Waals surface area (Å²) < 4.78 is 0. The fraction of sp³-hybridized carbons (Fsp3) is 0.462. The molecule has 0 radical (unpaired) electrons. The molecule has 7 heteroatoms. The van der Waals surface area contributed by atoms with Crippen LogP contribution in [0.4, 0.5) is 5.69 Å². The van der Waals surface area contributed by atoms with Crippen molar-refractivity contribution in [3.63, 3.8) is 0 Å². The molecule has 0 aliphatic carbocycles. The summed E-state index contributed by atoms with van der Waals surface area (Å²) in [4.78, 5) is 22.3. The van der Waals surface area contributed by atoms with E-state index in [2.05, 4.69) is 5.32 Å². The Morgan fingerprint density at radius 3 is 2.70 bits per heavy atom. The summed E-state index contributed by atoms with van der Waals surface area (Å²) in [6.07, 6.45) is 1.01. The molecule has 0 aliphatic rings. The van der Waals surface area contributed by atoms with Crippen LogP contribution in [-0.4, -0.2) is 28.1 Å². The van der Waals surface area contributed by atoms with Gasteiger partial charge in [0.2, 0.25) is 0 Å². The zero-order chi connectivity index (χ0) is 15.3. The number of amides is 1. The van der Waals surface area contributed by atoms with Gasteiger partial charge in [0.15, 0.2) is 0 Å². The number of hydrogen-bond acceptors (Lipinski definition) is 4. The molecule has 0 aliphatic heterocycles. The molecule has 0 spiro atoms. The van der Waals surface area contributed by atoms with Crippen LogP contribution in [0.2, 0.25) is 5.02 Å². The maximum absolute atomic E-state index is 12.2. The van der Waals surface area contributed by atoms with E-state index >= 15 is 0 Å². The number of nitrogens with zero attached hydrogens (tertiary/aromatic N) is 1. The highest BCUT2D eigenvalue weighted by Gasteiger charge is 2.26. The number of hydrogen-bond donors (Lipinski definition) is 2. The van der Waals surface area contributed by atoms with Gasteiger partial charge >= 0.3 is 0 Å². The summed E-state index contributed by atoms with van der Waals surface area (Å²) in [6.45, 7) is 3.62. The summed E-state index contributed by atoms with van der Waals surface area (Å²) >= 11 is 5.91. The Balaban J connectivity index is 3.02. The van der Waals surface area contributed by atoms with E-state index in [9.17, 15) is 14.9 Å². The molecular weight excluding hydrogens is 284 g/mol. The SMILES string of the molecule is CCC(C)(CCO)NC(=O)c1cc([N+](=O)[O-])ccc1Cl. The van der Waals surface area contributed by atoms with Crippen molar-refractivity contribution in [1.82, 2.24) is 5.32 Å². The van der Waals surface area contributed by atoms with Gasteiger partial charge in [0.05, 0.1) is 15.5 Å². The molecule has 110 valence electrons. The van der Waals surface area contributed by atoms with Gasteiger partial charge in [-0.1, -0.05) is 18.5 Å². The minimum absolute atomic E-state index is 0.0541. The Kier molecular flexibility index (Phi) is 5.47. The lowest BCUT2D eigenvalue weighted by atomic mass is 9.94. The summed E-state index contributed by atoms with van der Waals surface area (Å²) in [5.41, 5.74) is -0.724. The molecule has 20 heavy (non-hydrogen) atoms. The van der Waals surface area contributed by atoms with Crippen LogP contribution in [0.15, 0.2) is 18.2 Å². The standard InChI is InChI=1S/C13H17ClN2O4/c1-3-13(2,6-7-17)15-12(18)10-8-9(16(19)20)4-5-11(10)14/h4-5,8,17H,3,6-7H2,1-2H3,(H,15,18). The van der Waals surface area contributed by atoms with Gasteiger partial charge in [-0.2, -0.15) is 0 Å². The second kappa shape index (κ2) is 6.67. The topological polar surface area (TPSA) is 92.5 Å². The number of non-ortho nitro benzene ring substituents is 1. The molecule has 1 aromatic rings. The molecule has 0 heterocycles. The van der Waals surface area contributed by atoms with Crippen molar-refractivity contribution in [3.05, 3.63) is 38.9 Å². The van der Waals surface area contributed by atoms with Crippen LogP contribution >= 0.6 is 11.6 Å². The van der Waals surface area contributed by atoms with Gasteiger partial charge in [-0.25, -0.2) is 0 Å². The van der Waals surface area contributed by atoms with Crippen LogP contribution in [-0.2, 0) is 0 Å². The maximum atomic E-state index is 12.2. The molecule has 0 fully saturated rings. The monoisotopic (exact) mass is 300 g/mol. The Bertz CT molecular complexity index is 521. The quantitative estimate of drug-likeness (QED) is 0.623. The average Bonchev–Trinajstić information content (AvgIpc) is 2.39. The highest BCUT2D eigenvalue weighted by atomic mass is 35.5. The van der Waals surface area contributed by atoms with Crippen molar-refractivity contribution in [3.8, 4) is 0 Å². The largest absolute Gasteiger partial charge is 0.396 e. The Morgan fingerprint density at radius 2 is 2.20 bits per heavy atom. The van der Waals surface area contributed by atoms with E-state index in [-0.39, 0.29) is 22.9 Å². The number of halogens is 1. The predicted molar refractivity (Wildman–Crippen MR) is 76.0 cm³/mol. The van der Waals surface area contributed by atoms with E-state index in [4.69, 9.17) is 16.7 Å². The van der Waals surface area contributed by atoms with Crippen LogP contribution in [0.1, 0.15) is 37.0 Å². The molecule has 1 atom stereocenters. The van der Waals surface area contributed by atoms with E-state index < -0.39 is 16.4 Å². The lowest BCUT2D eigenvalue weighted by Gasteiger charge is -2.29. The fourth-order valence-corrected chi connectivity index (χ4v) is 1.92. The van der Waals surface area contributed by atoms with Gasteiger partial charge in [-0.3, -0.25) is 14.9 Å². The zero-order valence-corrected chi connectivity index (χ0v) is 12.1. The highest BCUT2D eigenvalue weighted by molar-refractivity contribution is 6.34. The molecule has 6 nitrogen and oxygen atoms in total. The number of carbonyl (C=O) groups is 1. The Labute approximate surface area is 121 Å². The van der Waals surface area contributed by atoms with Crippen molar-refractivity contribution in [2.75, 3.05) is 6.61 Å². The first-order valence-electron chi connectivity index (χ1n) is 6.20. The zero-order valence-electron chi connectivity index (χ0n) is 11.4. The van der Waals surface area contributed by atoms with Gasteiger partial charge in [-0.15, -0.1) is 0 Å². The van der Waals surface area contributed by atoms with Gasteiger partial charge in [0, 0.05) is 24.3 Å². The number of rotatable bonds is 6. The summed E-state index contributed by atoms with van der Waals surface area (Å²) in [6, 6.07) is 3.71. The minimum Gasteiger partial charge on any atom is -0.396 e. The lowest BCUT2D eigenvalue weighted by Crippen LogP contribution is -2.46. The molecular formula is C13H17ClN2O4. The van der Waals surface area contributed by atoms with Crippen LogP contribution < -0.4 is 5.32 Å². The number of nitro groups is 1. The van der Waals surface area contributed by atoms with Crippen LogP contribution in [0.25, 0.3) is 0 Å². The van der Waals surface area contributed by atoms with Gasteiger partial charge in [-0.05, 0) is 25.8 Å². The second-order valence-electron chi connectivity index (χ2n) is 4.76. The van der Waals surface area contributed by atoms with E-state index in [0.29, 0.717) is 12.8 Å². The van der Waals surface area contributed by atoms with E-state index in [1.165, 1.54) is 12.1 Å². The van der Waals surface area contributed by atoms with Crippen LogP contribution in [0.5, 0.6) is 0 Å². The molecule has 1 amide bonds. The van der Waals surface area contributed by atoms with Crippen molar-refractivity contribution >= 4 is 23.2 Å². The third-order valence-corrected chi connectivity index (χ3v) is 3.59. The van der Waals surface area contributed by atoms with Crippen molar-refractivity contribution in [2.45, 2.75) is 32.2 Å². The smallest absolute Gasteiger partial charge is 0.270 e. The number of nitro benzene ring substituents is 1. The predicted octanol–water partition coefficient (Wildman–Crippen LogP) is 2.53. The maximum Gasteiger partial charge on any atom is 0.270 e. The molecule has 0 saturated heterocycles. The molecule has 1 unspecified atom stereocenters. The molecule has 1 rings (SSSR count). The number of nitrogens with one attached hydrogen (secondary N) is 1. The van der Waals surface area contributed by atoms with E-state index in [1.54, 1.807) is 6.92 Å². The van der Waals surface area contributed by atoms with Crippen molar-refractivity contribution < 1.29 is 14.8 Å². The molecule has 0 bridgehead atoms. The number of benzene rings is 1. The van der Waals surface area contributed by atoms with Crippen molar-refractivity contribution in [1.29, 1.82) is 0 Å². The number of aliphatic hydroxyl groups is 1. The fourth-order valence-electron chi connectivity index (χ4n) is 1.72. The minimum atomic E-state index is -0.584. The summed E-state index contributed by atoms with van der Waals surface area (Å²) in [5.74, 6) is -0.489. The number of carbonyl (C=O) groups excluding carboxylic acids is 1. The van der Waals surface area contributed by atoms with Gasteiger partial charge < -0.3 is 10.4 Å². The van der Waals surface area contributed by atoms with Crippen LogP contribution in [0.3, 0.4) is 0 Å². The normalized spacial score (nSPS) is 13.6. The Morgan fingerprint density at radius 1 is 1.55 bits per heavy atom. The van der Waals surface area contributed by atoms with E-state index in [1.807, 2.05) is 6.92 Å². The third-order valence-electron chi connectivity index (χ3n) is 3.26. The van der Waals surface area contributed by atoms with Crippen molar-refractivity contribution in [2.24, 2.45) is 0 Å².